The van der Waals surface area contributed by atoms with E-state index in [1.807, 2.05) is 37.3 Å². The van der Waals surface area contributed by atoms with Gasteiger partial charge in [0.05, 0.1) is 34.7 Å². The molecular formula is C29H39NO7S. The van der Waals surface area contributed by atoms with Crippen molar-refractivity contribution in [2.75, 3.05) is 6.61 Å². The van der Waals surface area contributed by atoms with Gasteiger partial charge in [0.25, 0.3) is 0 Å². The van der Waals surface area contributed by atoms with Crippen molar-refractivity contribution in [3.05, 3.63) is 64.2 Å². The van der Waals surface area contributed by atoms with Gasteiger partial charge in [0.15, 0.2) is 0 Å². The van der Waals surface area contributed by atoms with Gasteiger partial charge in [-0.15, -0.1) is 11.8 Å². The molecule has 208 valence electrons. The van der Waals surface area contributed by atoms with Crippen LogP contribution in [0.1, 0.15) is 66.2 Å². The maximum Gasteiger partial charge on any atom is 0.223 e. The van der Waals surface area contributed by atoms with Crippen molar-refractivity contribution in [2.24, 2.45) is 11.1 Å². The van der Waals surface area contributed by atoms with E-state index in [1.54, 1.807) is 19.9 Å². The van der Waals surface area contributed by atoms with Crippen molar-refractivity contribution in [3.63, 3.8) is 0 Å². The smallest absolute Gasteiger partial charge is 0.223 e. The molecule has 0 spiro atoms. The standard InChI is InChI=1S/C29H39NO7S/c1-16-11-22(33)21(27-26(36)25(35)24(34)23(15-31)38-27)13-19(16)12-18-9-7-17(8-10-18)5-4-6-20(32)14-29(2,3)28(30)37/h7-11,13,23-27,31,33-36H,4-6,12,14-15H2,1-3H3,(H2,30,37)/t23-,24-,25+,26-,27+/m1/s1. The van der Waals surface area contributed by atoms with E-state index in [2.05, 4.69) is 0 Å². The van der Waals surface area contributed by atoms with Crippen LogP contribution in [0.4, 0.5) is 0 Å². The predicted octanol–water partition coefficient (Wildman–Crippen LogP) is 2.32. The molecule has 0 aliphatic carbocycles. The molecule has 5 atom stereocenters. The Balaban J connectivity index is 1.65. The van der Waals surface area contributed by atoms with E-state index < -0.39 is 40.1 Å². The Morgan fingerprint density at radius 2 is 1.63 bits per heavy atom. The van der Waals surface area contributed by atoms with Crippen LogP contribution >= 0.6 is 11.8 Å². The minimum absolute atomic E-state index is 0.00723. The van der Waals surface area contributed by atoms with Gasteiger partial charge < -0.3 is 31.3 Å². The number of hydrogen-bond acceptors (Lipinski definition) is 8. The number of nitrogens with two attached hydrogens (primary N) is 1. The number of aryl methyl sites for hydroxylation is 2. The molecule has 1 aliphatic heterocycles. The minimum atomic E-state index is -1.43. The van der Waals surface area contributed by atoms with Crippen molar-refractivity contribution < 1.29 is 35.1 Å². The number of aromatic hydroxyl groups is 1. The zero-order valence-corrected chi connectivity index (χ0v) is 22.9. The number of carbonyl (C=O) groups is 2. The van der Waals surface area contributed by atoms with Crippen LogP contribution in [0.3, 0.4) is 0 Å². The van der Waals surface area contributed by atoms with Crippen molar-refractivity contribution in [2.45, 2.75) is 81.7 Å². The summed E-state index contributed by atoms with van der Waals surface area (Å²) in [5.41, 5.74) is 8.95. The second-order valence-corrected chi connectivity index (χ2v) is 12.3. The molecule has 0 bridgehead atoms. The fourth-order valence-electron chi connectivity index (χ4n) is 4.74. The number of Topliss-reactive ketones (excluding diaryl/α,β-unsaturated/α-hetero) is 1. The number of phenols is 1. The minimum Gasteiger partial charge on any atom is -0.508 e. The van der Waals surface area contributed by atoms with Gasteiger partial charge in [-0.3, -0.25) is 9.59 Å². The van der Waals surface area contributed by atoms with Gasteiger partial charge >= 0.3 is 0 Å². The Bertz CT molecular complexity index is 1130. The molecule has 9 heteroatoms. The molecule has 2 aromatic carbocycles. The van der Waals surface area contributed by atoms with Crippen molar-refractivity contribution >= 4 is 23.5 Å². The first-order chi connectivity index (χ1) is 17.8. The van der Waals surface area contributed by atoms with E-state index in [0.717, 1.165) is 40.4 Å². The number of rotatable bonds is 11. The predicted molar refractivity (Wildman–Crippen MR) is 147 cm³/mol. The highest BCUT2D eigenvalue weighted by molar-refractivity contribution is 8.00. The highest BCUT2D eigenvalue weighted by Gasteiger charge is 2.44. The summed E-state index contributed by atoms with van der Waals surface area (Å²) < 4.78 is 0. The van der Waals surface area contributed by atoms with E-state index in [0.29, 0.717) is 24.8 Å². The quantitative estimate of drug-likeness (QED) is 0.251. The van der Waals surface area contributed by atoms with Crippen LogP contribution in [0.5, 0.6) is 5.75 Å². The zero-order chi connectivity index (χ0) is 28.2. The van der Waals surface area contributed by atoms with E-state index in [1.165, 1.54) is 0 Å². The first kappa shape index (κ1) is 30.1. The fourth-order valence-corrected chi connectivity index (χ4v) is 6.18. The molecule has 1 heterocycles. The summed E-state index contributed by atoms with van der Waals surface area (Å²) in [5, 5.41) is 49.8. The van der Waals surface area contributed by atoms with Crippen molar-refractivity contribution in [1.82, 2.24) is 0 Å². The van der Waals surface area contributed by atoms with Crippen LogP contribution in [0.25, 0.3) is 0 Å². The molecule has 1 saturated heterocycles. The highest BCUT2D eigenvalue weighted by atomic mass is 32.2. The van der Waals surface area contributed by atoms with Crippen LogP contribution < -0.4 is 5.73 Å². The maximum atomic E-state index is 12.2. The lowest BCUT2D eigenvalue weighted by Crippen LogP contribution is -2.51. The highest BCUT2D eigenvalue weighted by Crippen LogP contribution is 2.46. The third-order valence-corrected chi connectivity index (χ3v) is 8.93. The second-order valence-electron chi connectivity index (χ2n) is 10.9. The molecule has 0 unspecified atom stereocenters. The molecular weight excluding hydrogens is 506 g/mol. The van der Waals surface area contributed by atoms with Crippen LogP contribution in [-0.4, -0.2) is 67.4 Å². The number of ketones is 1. The summed E-state index contributed by atoms with van der Waals surface area (Å²) in [5.74, 6) is -0.457. The normalized spacial score (nSPS) is 23.8. The molecule has 0 saturated carbocycles. The molecule has 7 N–H and O–H groups in total. The summed E-state index contributed by atoms with van der Waals surface area (Å²) in [6.07, 6.45) is -1.45. The lowest BCUT2D eigenvalue weighted by atomic mass is 9.85. The lowest BCUT2D eigenvalue weighted by molar-refractivity contribution is -0.131. The van der Waals surface area contributed by atoms with Crippen LogP contribution in [0.2, 0.25) is 0 Å². The Labute approximate surface area is 227 Å². The molecule has 3 rings (SSSR count). The molecule has 38 heavy (non-hydrogen) atoms. The third-order valence-electron chi connectivity index (χ3n) is 7.33. The van der Waals surface area contributed by atoms with Gasteiger partial charge in [0.1, 0.15) is 17.6 Å². The molecule has 0 aromatic heterocycles. The topological polar surface area (TPSA) is 161 Å². The van der Waals surface area contributed by atoms with Crippen molar-refractivity contribution in [3.8, 4) is 5.75 Å². The molecule has 8 nitrogen and oxygen atoms in total. The summed E-state index contributed by atoms with van der Waals surface area (Å²) in [6.45, 7) is 4.89. The maximum absolute atomic E-state index is 12.2. The third kappa shape index (κ3) is 7.15. The van der Waals surface area contributed by atoms with Gasteiger partial charge in [0, 0.05) is 18.4 Å². The number of thioether (sulfide) groups is 1. The zero-order valence-electron chi connectivity index (χ0n) is 22.1. The number of primary amides is 1. The Hall–Kier alpha value is -2.43. The number of aliphatic hydroxyl groups excluding tert-OH is 4. The number of carbonyl (C=O) groups excluding carboxylic acids is 2. The van der Waals surface area contributed by atoms with Gasteiger partial charge in [0.2, 0.25) is 5.91 Å². The number of hydrogen-bond donors (Lipinski definition) is 6. The molecule has 2 aromatic rings. The van der Waals surface area contributed by atoms with E-state index in [9.17, 15) is 35.1 Å². The largest absolute Gasteiger partial charge is 0.508 e. The SMILES string of the molecule is Cc1cc(O)c([C@@H]2S[C@H](CO)[C@@H](O)[C@H](O)[C@H]2O)cc1Cc1ccc(CCCC(=O)CC(C)(C)C(N)=O)cc1. The molecule has 1 fully saturated rings. The average molecular weight is 546 g/mol. The first-order valence-electron chi connectivity index (χ1n) is 12.9. The summed E-state index contributed by atoms with van der Waals surface area (Å²) in [6, 6.07) is 11.5. The molecule has 0 radical (unpaired) electrons. The Kier molecular flexibility index (Phi) is 10.00. The first-order valence-corrected chi connectivity index (χ1v) is 13.8. The van der Waals surface area contributed by atoms with Gasteiger partial charge in [-0.1, -0.05) is 44.2 Å². The lowest BCUT2D eigenvalue weighted by Gasteiger charge is -2.40. The van der Waals surface area contributed by atoms with Crippen molar-refractivity contribution in [1.29, 1.82) is 0 Å². The monoisotopic (exact) mass is 545 g/mol. The number of amides is 1. The van der Waals surface area contributed by atoms with E-state index in [4.69, 9.17) is 5.73 Å². The van der Waals surface area contributed by atoms with Gasteiger partial charge in [-0.05, 0) is 54.5 Å². The van der Waals surface area contributed by atoms with E-state index in [-0.39, 0.29) is 24.6 Å². The fraction of sp³-hybridized carbons (Fsp3) is 0.517. The van der Waals surface area contributed by atoms with E-state index >= 15 is 0 Å². The number of aliphatic hydroxyl groups is 4. The van der Waals surface area contributed by atoms with Crippen LogP contribution in [0.15, 0.2) is 36.4 Å². The van der Waals surface area contributed by atoms with Crippen LogP contribution in [-0.2, 0) is 22.4 Å². The number of benzene rings is 2. The van der Waals surface area contributed by atoms with Crippen LogP contribution in [0, 0.1) is 12.3 Å². The number of phenolic OH excluding ortho intramolecular Hbond substituents is 1. The summed E-state index contributed by atoms with van der Waals surface area (Å²) >= 11 is 1.14. The second kappa shape index (κ2) is 12.6. The summed E-state index contributed by atoms with van der Waals surface area (Å²) in [4.78, 5) is 23.6. The molecule has 1 aliphatic rings. The Morgan fingerprint density at radius 1 is 1.00 bits per heavy atom. The Morgan fingerprint density at radius 3 is 2.24 bits per heavy atom. The van der Waals surface area contributed by atoms with Gasteiger partial charge in [-0.2, -0.15) is 0 Å². The van der Waals surface area contributed by atoms with Gasteiger partial charge in [-0.25, -0.2) is 0 Å². The summed E-state index contributed by atoms with van der Waals surface area (Å²) in [7, 11) is 0. The molecule has 1 amide bonds. The average Bonchev–Trinajstić information content (AvgIpc) is 2.85.